The van der Waals surface area contributed by atoms with E-state index in [1.807, 2.05) is 86.8 Å². The number of ether oxygens (including phenoxy) is 4. The third-order valence-corrected chi connectivity index (χ3v) is 12.7. The summed E-state index contributed by atoms with van der Waals surface area (Å²) < 4.78 is 24.8. The van der Waals surface area contributed by atoms with Crippen LogP contribution in [0.2, 0.25) is 0 Å². The van der Waals surface area contributed by atoms with Gasteiger partial charge in [-0.1, -0.05) is 115 Å². The Labute approximate surface area is 397 Å². The van der Waals surface area contributed by atoms with E-state index in [0.717, 1.165) is 50.0 Å². The summed E-state index contributed by atoms with van der Waals surface area (Å²) in [5, 5.41) is 10.0. The van der Waals surface area contributed by atoms with Crippen molar-refractivity contribution in [2.24, 2.45) is 0 Å². The first-order valence-electron chi connectivity index (χ1n) is 23.4. The van der Waals surface area contributed by atoms with Crippen molar-refractivity contribution in [3.05, 3.63) is 155 Å². The van der Waals surface area contributed by atoms with Crippen molar-refractivity contribution < 1.29 is 38.1 Å². The standard InChI is InChI=1S/C54H60N6O8/c1-4-65-31-32-66-30-27-56-52(62)35-59(54(64)68-37-49-46-22-12-8-18-42(46)43-19-9-13-23-47(43)49)29-26-55-51(61)25-28-60-39(33-38-15-5-14-24-50(38)60)34-57(2)58(3)53(63)67-36-48-44-20-10-6-16-40(44)41-17-7-11-21-45(41)48/h5-24,33,48-49H,4,25-32,34-37H2,1-3H3,(H,55,61)(H,56,62). The number of hydrogen-bond donors (Lipinski definition) is 2. The molecular formula is C54H60N6O8. The highest BCUT2D eigenvalue weighted by atomic mass is 16.6. The number of nitrogens with one attached hydrogen (secondary N) is 2. The SMILES string of the molecule is CCOCCOCCNC(=O)CN(CCNC(=O)CCn1c(CN(C)N(C)C(=O)OCC2c3ccccc3-c3ccccc32)cc2ccccc21)C(=O)OCC1c2ccccc2-c2ccccc21. The lowest BCUT2D eigenvalue weighted by Crippen LogP contribution is -2.45. The molecule has 2 N–H and O–H groups in total. The third kappa shape index (κ3) is 11.1. The topological polar surface area (TPSA) is 144 Å². The van der Waals surface area contributed by atoms with Crippen molar-refractivity contribution in [1.82, 2.24) is 30.1 Å². The number of nitrogens with zero attached hydrogens (tertiary/aromatic N) is 4. The van der Waals surface area contributed by atoms with Gasteiger partial charge in [0.1, 0.15) is 19.8 Å². The fourth-order valence-corrected chi connectivity index (χ4v) is 9.24. The largest absolute Gasteiger partial charge is 0.448 e. The Morgan fingerprint density at radius 1 is 0.603 bits per heavy atom. The highest BCUT2D eigenvalue weighted by Gasteiger charge is 2.32. The number of hydrazine groups is 1. The molecule has 354 valence electrons. The van der Waals surface area contributed by atoms with E-state index in [9.17, 15) is 19.2 Å². The lowest BCUT2D eigenvalue weighted by atomic mass is 9.98. The molecule has 5 aromatic carbocycles. The van der Waals surface area contributed by atoms with E-state index in [0.29, 0.717) is 39.5 Å². The zero-order valence-electron chi connectivity index (χ0n) is 39.0. The second-order valence-electron chi connectivity index (χ2n) is 17.0. The molecule has 68 heavy (non-hydrogen) atoms. The number of fused-ring (bicyclic) bond motifs is 7. The lowest BCUT2D eigenvalue weighted by Gasteiger charge is -2.28. The second-order valence-corrected chi connectivity index (χ2v) is 17.0. The molecule has 14 nitrogen and oxygen atoms in total. The predicted molar refractivity (Wildman–Crippen MR) is 261 cm³/mol. The van der Waals surface area contributed by atoms with Gasteiger partial charge >= 0.3 is 12.2 Å². The number of aryl methyl sites for hydroxylation is 1. The van der Waals surface area contributed by atoms with Crippen LogP contribution >= 0.6 is 0 Å². The highest BCUT2D eigenvalue weighted by Crippen LogP contribution is 2.45. The van der Waals surface area contributed by atoms with Gasteiger partial charge in [0.2, 0.25) is 11.8 Å². The minimum absolute atomic E-state index is 0.0470. The van der Waals surface area contributed by atoms with Crippen LogP contribution in [0.25, 0.3) is 33.2 Å². The summed E-state index contributed by atoms with van der Waals surface area (Å²) in [6, 6.07) is 42.7. The van der Waals surface area contributed by atoms with Crippen molar-refractivity contribution in [2.45, 2.75) is 38.3 Å². The molecule has 0 saturated carbocycles. The van der Waals surface area contributed by atoms with Crippen LogP contribution in [-0.2, 0) is 41.6 Å². The first-order chi connectivity index (χ1) is 33.2. The number of aromatic nitrogens is 1. The first kappa shape index (κ1) is 47.5. The number of rotatable bonds is 22. The first-order valence-corrected chi connectivity index (χ1v) is 23.4. The smallest absolute Gasteiger partial charge is 0.424 e. The molecule has 6 aromatic rings. The zero-order chi connectivity index (χ0) is 47.4. The van der Waals surface area contributed by atoms with Gasteiger partial charge in [-0.3, -0.25) is 14.5 Å². The maximum atomic E-state index is 13.8. The molecule has 14 heteroatoms. The molecule has 0 bridgehead atoms. The molecular weight excluding hydrogens is 861 g/mol. The summed E-state index contributed by atoms with van der Waals surface area (Å²) in [6.45, 7) is 4.87. The van der Waals surface area contributed by atoms with Gasteiger partial charge in [0.05, 0.1) is 26.4 Å². The van der Waals surface area contributed by atoms with Gasteiger partial charge in [-0.25, -0.2) is 19.6 Å². The van der Waals surface area contributed by atoms with E-state index >= 15 is 0 Å². The van der Waals surface area contributed by atoms with Crippen LogP contribution in [0.15, 0.2) is 127 Å². The number of amides is 4. The van der Waals surface area contributed by atoms with Crippen LogP contribution in [0, 0.1) is 0 Å². The Hall–Kier alpha value is -7.00. The van der Waals surface area contributed by atoms with E-state index in [-0.39, 0.29) is 69.5 Å². The van der Waals surface area contributed by atoms with Gasteiger partial charge in [0, 0.05) is 76.3 Å². The van der Waals surface area contributed by atoms with Gasteiger partial charge in [-0.2, -0.15) is 0 Å². The molecule has 2 aliphatic carbocycles. The summed E-state index contributed by atoms with van der Waals surface area (Å²) in [4.78, 5) is 55.2. The van der Waals surface area contributed by atoms with Crippen LogP contribution < -0.4 is 10.6 Å². The molecule has 4 amide bonds. The van der Waals surface area contributed by atoms with E-state index in [1.54, 1.807) is 12.1 Å². The number of carbonyl (C=O) groups is 4. The maximum Gasteiger partial charge on any atom is 0.424 e. The maximum absolute atomic E-state index is 13.8. The minimum atomic E-state index is -0.653. The Morgan fingerprint density at radius 3 is 1.71 bits per heavy atom. The van der Waals surface area contributed by atoms with Crippen LogP contribution in [-0.4, -0.2) is 123 Å². The van der Waals surface area contributed by atoms with Gasteiger partial charge in [-0.15, -0.1) is 0 Å². The van der Waals surface area contributed by atoms with Crippen LogP contribution in [0.5, 0.6) is 0 Å². The Bertz CT molecular complexity index is 2630. The fraction of sp³-hybridized carbons (Fsp3) is 0.333. The van der Waals surface area contributed by atoms with E-state index in [1.165, 1.54) is 21.0 Å². The summed E-state index contributed by atoms with van der Waals surface area (Å²) in [5.74, 6) is -0.808. The van der Waals surface area contributed by atoms with Crippen molar-refractivity contribution in [2.75, 3.05) is 79.9 Å². The van der Waals surface area contributed by atoms with Crippen molar-refractivity contribution in [3.8, 4) is 22.3 Å². The Morgan fingerprint density at radius 2 is 1.12 bits per heavy atom. The fourth-order valence-electron chi connectivity index (χ4n) is 9.24. The third-order valence-electron chi connectivity index (χ3n) is 12.7. The van der Waals surface area contributed by atoms with Crippen LogP contribution in [0.4, 0.5) is 9.59 Å². The molecule has 1 heterocycles. The quantitative estimate of drug-likeness (QED) is 0.0515. The van der Waals surface area contributed by atoms with Crippen LogP contribution in [0.1, 0.15) is 53.1 Å². The van der Waals surface area contributed by atoms with Gasteiger partial charge in [-0.05, 0) is 69.0 Å². The number of carbonyl (C=O) groups excluding carboxylic acids is 4. The van der Waals surface area contributed by atoms with E-state index in [2.05, 4.69) is 69.8 Å². The Kier molecular flexibility index (Phi) is 15.8. The Balaban J connectivity index is 0.859. The van der Waals surface area contributed by atoms with E-state index in [4.69, 9.17) is 18.9 Å². The summed E-state index contributed by atoms with van der Waals surface area (Å²) in [7, 11) is 3.52. The minimum Gasteiger partial charge on any atom is -0.448 e. The van der Waals surface area contributed by atoms with Crippen molar-refractivity contribution in [1.29, 1.82) is 0 Å². The molecule has 2 aliphatic rings. The van der Waals surface area contributed by atoms with Crippen molar-refractivity contribution in [3.63, 3.8) is 0 Å². The van der Waals surface area contributed by atoms with E-state index < -0.39 is 12.2 Å². The normalized spacial score (nSPS) is 12.6. The van der Waals surface area contributed by atoms with Gasteiger partial charge in [0.25, 0.3) is 0 Å². The molecule has 0 atom stereocenters. The molecule has 0 unspecified atom stereocenters. The average molecular weight is 921 g/mol. The number of benzene rings is 5. The molecule has 0 spiro atoms. The highest BCUT2D eigenvalue weighted by molar-refractivity contribution is 5.84. The monoisotopic (exact) mass is 920 g/mol. The predicted octanol–water partition coefficient (Wildman–Crippen LogP) is 7.80. The van der Waals surface area contributed by atoms with Crippen molar-refractivity contribution >= 4 is 34.9 Å². The lowest BCUT2D eigenvalue weighted by molar-refractivity contribution is -0.122. The molecule has 1 aromatic heterocycles. The summed E-state index contributed by atoms with van der Waals surface area (Å²) in [5.41, 5.74) is 10.9. The molecule has 0 aliphatic heterocycles. The van der Waals surface area contributed by atoms with Gasteiger partial charge < -0.3 is 34.1 Å². The summed E-state index contributed by atoms with van der Waals surface area (Å²) in [6.07, 6.45) is -0.977. The molecule has 0 fully saturated rings. The average Bonchev–Trinajstić information content (AvgIpc) is 4.00. The summed E-state index contributed by atoms with van der Waals surface area (Å²) >= 11 is 0. The van der Waals surface area contributed by atoms with Crippen LogP contribution in [0.3, 0.4) is 0 Å². The molecule has 0 radical (unpaired) electrons. The molecule has 0 saturated heterocycles. The number of hydrogen-bond acceptors (Lipinski definition) is 9. The van der Waals surface area contributed by atoms with Gasteiger partial charge in [0.15, 0.2) is 0 Å². The second kappa shape index (κ2) is 22.7. The molecule has 8 rings (SSSR count). The number of para-hydroxylation sites is 1. The zero-order valence-corrected chi connectivity index (χ0v) is 39.0.